The Morgan fingerprint density at radius 2 is 2.07 bits per heavy atom. The molecule has 0 aliphatic heterocycles. The monoisotopic (exact) mass is 211 g/mol. The minimum Gasteiger partial charge on any atom is -0.387 e. The van der Waals surface area contributed by atoms with E-state index >= 15 is 0 Å². The molecular formula is C11H21N3O. The maximum atomic E-state index is 9.85. The first-order valence-electron chi connectivity index (χ1n) is 5.46. The first-order valence-corrected chi connectivity index (χ1v) is 5.46. The van der Waals surface area contributed by atoms with E-state index < -0.39 is 6.10 Å². The van der Waals surface area contributed by atoms with Crippen molar-refractivity contribution in [2.75, 3.05) is 6.54 Å². The van der Waals surface area contributed by atoms with E-state index in [9.17, 15) is 5.11 Å². The molecule has 0 aromatic carbocycles. The molecular weight excluding hydrogens is 190 g/mol. The summed E-state index contributed by atoms with van der Waals surface area (Å²) < 4.78 is 1.86. The van der Waals surface area contributed by atoms with E-state index in [2.05, 4.69) is 38.1 Å². The van der Waals surface area contributed by atoms with Crippen molar-refractivity contribution in [3.8, 4) is 0 Å². The third-order valence-corrected chi connectivity index (χ3v) is 2.25. The average Bonchev–Trinajstić information content (AvgIpc) is 2.62. The van der Waals surface area contributed by atoms with Gasteiger partial charge in [0.1, 0.15) is 0 Å². The zero-order valence-electron chi connectivity index (χ0n) is 9.94. The highest BCUT2D eigenvalue weighted by molar-refractivity contribution is 5.08. The van der Waals surface area contributed by atoms with Crippen molar-refractivity contribution in [3.05, 3.63) is 18.0 Å². The zero-order chi connectivity index (χ0) is 11.4. The molecule has 0 aliphatic rings. The largest absolute Gasteiger partial charge is 0.387 e. The highest BCUT2D eigenvalue weighted by atomic mass is 16.3. The van der Waals surface area contributed by atoms with Gasteiger partial charge in [0.25, 0.3) is 0 Å². The van der Waals surface area contributed by atoms with Crippen LogP contribution in [0.4, 0.5) is 0 Å². The fraction of sp³-hybridized carbons (Fsp3) is 0.727. The molecule has 4 heteroatoms. The summed E-state index contributed by atoms with van der Waals surface area (Å²) in [5.74, 6) is 0. The maximum Gasteiger partial charge on any atom is 0.0944 e. The van der Waals surface area contributed by atoms with Gasteiger partial charge in [0.05, 0.1) is 12.3 Å². The normalized spacial score (nSPS) is 13.8. The van der Waals surface area contributed by atoms with Crippen LogP contribution in [0.25, 0.3) is 0 Å². The van der Waals surface area contributed by atoms with Crippen molar-refractivity contribution in [1.82, 2.24) is 15.1 Å². The summed E-state index contributed by atoms with van der Waals surface area (Å²) >= 11 is 0. The SMILES string of the molecule is CC(C)NCC(O)c1cnn(C(C)C)c1. The molecule has 1 unspecified atom stereocenters. The Labute approximate surface area is 91.3 Å². The molecule has 0 amide bonds. The number of rotatable bonds is 5. The zero-order valence-corrected chi connectivity index (χ0v) is 9.94. The van der Waals surface area contributed by atoms with Gasteiger partial charge in [-0.1, -0.05) is 13.8 Å². The van der Waals surface area contributed by atoms with Crippen molar-refractivity contribution in [1.29, 1.82) is 0 Å². The van der Waals surface area contributed by atoms with Gasteiger partial charge in [-0.25, -0.2) is 0 Å². The molecule has 1 atom stereocenters. The van der Waals surface area contributed by atoms with Gasteiger partial charge < -0.3 is 10.4 Å². The van der Waals surface area contributed by atoms with E-state index in [0.29, 0.717) is 18.6 Å². The second kappa shape index (κ2) is 5.28. The lowest BCUT2D eigenvalue weighted by Crippen LogP contribution is -2.27. The van der Waals surface area contributed by atoms with Crippen molar-refractivity contribution in [3.63, 3.8) is 0 Å². The number of nitrogens with zero attached hydrogens (tertiary/aromatic N) is 2. The van der Waals surface area contributed by atoms with Crippen LogP contribution in [0.2, 0.25) is 0 Å². The van der Waals surface area contributed by atoms with Crippen molar-refractivity contribution < 1.29 is 5.11 Å². The lowest BCUT2D eigenvalue weighted by molar-refractivity contribution is 0.171. The van der Waals surface area contributed by atoms with Gasteiger partial charge >= 0.3 is 0 Å². The average molecular weight is 211 g/mol. The minimum atomic E-state index is -0.472. The third-order valence-electron chi connectivity index (χ3n) is 2.25. The molecule has 4 nitrogen and oxygen atoms in total. The molecule has 2 N–H and O–H groups in total. The lowest BCUT2D eigenvalue weighted by atomic mass is 10.2. The van der Waals surface area contributed by atoms with Crippen LogP contribution in [-0.4, -0.2) is 27.5 Å². The van der Waals surface area contributed by atoms with E-state index in [1.165, 1.54) is 0 Å². The molecule has 0 aliphatic carbocycles. The van der Waals surface area contributed by atoms with Crippen LogP contribution < -0.4 is 5.32 Å². The van der Waals surface area contributed by atoms with Crippen LogP contribution in [-0.2, 0) is 0 Å². The van der Waals surface area contributed by atoms with Crippen LogP contribution >= 0.6 is 0 Å². The predicted molar refractivity (Wildman–Crippen MR) is 60.7 cm³/mol. The Morgan fingerprint density at radius 1 is 1.40 bits per heavy atom. The Morgan fingerprint density at radius 3 is 2.53 bits per heavy atom. The smallest absolute Gasteiger partial charge is 0.0944 e. The molecule has 1 aromatic heterocycles. The Balaban J connectivity index is 2.54. The topological polar surface area (TPSA) is 50.1 Å². The van der Waals surface area contributed by atoms with Gasteiger partial charge in [-0.15, -0.1) is 0 Å². The molecule has 0 radical (unpaired) electrons. The van der Waals surface area contributed by atoms with Crippen molar-refractivity contribution in [2.45, 2.75) is 45.9 Å². The summed E-state index contributed by atoms with van der Waals surface area (Å²) in [4.78, 5) is 0. The van der Waals surface area contributed by atoms with Gasteiger partial charge in [0, 0.05) is 30.4 Å². The van der Waals surface area contributed by atoms with E-state index in [0.717, 1.165) is 5.56 Å². The quantitative estimate of drug-likeness (QED) is 0.776. The number of hydrogen-bond donors (Lipinski definition) is 2. The second-order valence-corrected chi connectivity index (χ2v) is 4.43. The molecule has 1 aromatic rings. The number of hydrogen-bond acceptors (Lipinski definition) is 3. The van der Waals surface area contributed by atoms with Crippen LogP contribution in [0.5, 0.6) is 0 Å². The molecule has 1 rings (SSSR count). The molecule has 0 spiro atoms. The number of aliphatic hydroxyl groups excluding tert-OH is 1. The Bertz CT molecular complexity index is 294. The van der Waals surface area contributed by atoms with Gasteiger partial charge in [0.2, 0.25) is 0 Å². The van der Waals surface area contributed by atoms with Crippen molar-refractivity contribution in [2.24, 2.45) is 0 Å². The highest BCUT2D eigenvalue weighted by Crippen LogP contribution is 2.13. The van der Waals surface area contributed by atoms with Crippen LogP contribution in [0.15, 0.2) is 12.4 Å². The van der Waals surface area contributed by atoms with E-state index in [1.54, 1.807) is 6.20 Å². The number of aliphatic hydroxyl groups is 1. The van der Waals surface area contributed by atoms with Gasteiger partial charge in [-0.05, 0) is 13.8 Å². The van der Waals surface area contributed by atoms with E-state index in [1.807, 2.05) is 10.9 Å². The molecule has 0 saturated heterocycles. The Hall–Kier alpha value is -0.870. The summed E-state index contributed by atoms with van der Waals surface area (Å²) in [6.45, 7) is 8.82. The van der Waals surface area contributed by atoms with E-state index in [4.69, 9.17) is 0 Å². The standard InChI is InChI=1S/C11H21N3O/c1-8(2)12-6-11(15)10-5-13-14(7-10)9(3)4/h5,7-9,11-12,15H,6H2,1-4H3. The maximum absolute atomic E-state index is 9.85. The van der Waals surface area contributed by atoms with Gasteiger partial charge in [0.15, 0.2) is 0 Å². The van der Waals surface area contributed by atoms with Crippen LogP contribution in [0.1, 0.15) is 45.4 Å². The molecule has 15 heavy (non-hydrogen) atoms. The lowest BCUT2D eigenvalue weighted by Gasteiger charge is -2.12. The molecule has 1 heterocycles. The number of nitrogens with one attached hydrogen (secondary N) is 1. The second-order valence-electron chi connectivity index (χ2n) is 4.43. The molecule has 0 fully saturated rings. The first kappa shape index (κ1) is 12.2. The van der Waals surface area contributed by atoms with Crippen molar-refractivity contribution >= 4 is 0 Å². The minimum absolute atomic E-state index is 0.337. The summed E-state index contributed by atoms with van der Waals surface area (Å²) in [6.07, 6.45) is 3.16. The van der Waals surface area contributed by atoms with E-state index in [-0.39, 0.29) is 0 Å². The predicted octanol–water partition coefficient (Wildman–Crippen LogP) is 1.50. The van der Waals surface area contributed by atoms with Crippen LogP contribution in [0, 0.1) is 0 Å². The number of aromatic nitrogens is 2. The highest BCUT2D eigenvalue weighted by Gasteiger charge is 2.11. The molecule has 86 valence electrons. The fourth-order valence-corrected chi connectivity index (χ4v) is 1.27. The summed E-state index contributed by atoms with van der Waals surface area (Å²) in [6, 6.07) is 0.726. The first-order chi connectivity index (χ1) is 7.00. The summed E-state index contributed by atoms with van der Waals surface area (Å²) in [5.41, 5.74) is 0.872. The van der Waals surface area contributed by atoms with Crippen LogP contribution in [0.3, 0.4) is 0 Å². The molecule has 0 bridgehead atoms. The van der Waals surface area contributed by atoms with Gasteiger partial charge in [-0.3, -0.25) is 4.68 Å². The summed E-state index contributed by atoms with van der Waals surface area (Å²) in [5, 5.41) is 17.2. The summed E-state index contributed by atoms with van der Waals surface area (Å²) in [7, 11) is 0. The third kappa shape index (κ3) is 3.64. The Kier molecular flexibility index (Phi) is 4.29. The fourth-order valence-electron chi connectivity index (χ4n) is 1.27. The molecule has 0 saturated carbocycles. The van der Waals surface area contributed by atoms with Gasteiger partial charge in [-0.2, -0.15) is 5.10 Å².